The molecule has 0 spiro atoms. The van der Waals surface area contributed by atoms with E-state index in [0.29, 0.717) is 5.69 Å². The fourth-order valence-corrected chi connectivity index (χ4v) is 1.76. The highest BCUT2D eigenvalue weighted by atomic mass is 16.1. The Balaban J connectivity index is 2.19. The van der Waals surface area contributed by atoms with Crippen molar-refractivity contribution in [2.75, 3.05) is 0 Å². The highest BCUT2D eigenvalue weighted by molar-refractivity contribution is 5.94. The van der Waals surface area contributed by atoms with Crippen LogP contribution in [0.3, 0.4) is 0 Å². The van der Waals surface area contributed by atoms with E-state index >= 15 is 0 Å². The van der Waals surface area contributed by atoms with E-state index in [1.807, 2.05) is 31.2 Å². The summed E-state index contributed by atoms with van der Waals surface area (Å²) in [7, 11) is 0. The fourth-order valence-electron chi connectivity index (χ4n) is 1.76. The number of amides is 1. The van der Waals surface area contributed by atoms with Crippen LogP contribution in [0.25, 0.3) is 0 Å². The Morgan fingerprint density at radius 1 is 1.26 bits per heavy atom. The molecule has 4 nitrogen and oxygen atoms in total. The molecule has 0 saturated heterocycles. The number of carbonyl (C=O) groups is 1. The maximum atomic E-state index is 12.1. The number of carbonyl (C=O) groups excluding carboxylic acids is 1. The van der Waals surface area contributed by atoms with Gasteiger partial charge in [0.15, 0.2) is 0 Å². The van der Waals surface area contributed by atoms with Crippen molar-refractivity contribution in [3.05, 3.63) is 65.5 Å². The van der Waals surface area contributed by atoms with Crippen molar-refractivity contribution >= 4 is 5.91 Å². The van der Waals surface area contributed by atoms with Gasteiger partial charge in [-0.2, -0.15) is 5.26 Å². The van der Waals surface area contributed by atoms with Crippen LogP contribution in [0.15, 0.2) is 48.7 Å². The van der Waals surface area contributed by atoms with Crippen LogP contribution in [0.1, 0.15) is 27.7 Å². The summed E-state index contributed by atoms with van der Waals surface area (Å²) in [6.45, 7) is 1.81. The van der Waals surface area contributed by atoms with Gasteiger partial charge < -0.3 is 5.32 Å². The van der Waals surface area contributed by atoms with Crippen molar-refractivity contribution in [1.82, 2.24) is 10.3 Å². The number of nitriles is 1. The number of pyridine rings is 1. The number of benzene rings is 1. The van der Waals surface area contributed by atoms with Gasteiger partial charge in [-0.3, -0.25) is 9.78 Å². The zero-order chi connectivity index (χ0) is 13.7. The lowest BCUT2D eigenvalue weighted by Crippen LogP contribution is -2.28. The van der Waals surface area contributed by atoms with Crippen LogP contribution in [0.5, 0.6) is 0 Å². The normalized spacial score (nSPS) is 11.4. The predicted molar refractivity (Wildman–Crippen MR) is 71.2 cm³/mol. The van der Waals surface area contributed by atoms with E-state index in [0.717, 1.165) is 11.1 Å². The third kappa shape index (κ3) is 2.96. The molecule has 0 radical (unpaired) electrons. The van der Waals surface area contributed by atoms with Gasteiger partial charge >= 0.3 is 0 Å². The molecule has 1 amide bonds. The first-order valence-electron chi connectivity index (χ1n) is 5.89. The minimum absolute atomic E-state index is 0.339. The zero-order valence-electron chi connectivity index (χ0n) is 10.5. The number of nitrogens with one attached hydrogen (secondary N) is 1. The largest absolute Gasteiger partial charge is 0.331 e. The summed E-state index contributed by atoms with van der Waals surface area (Å²) >= 11 is 0. The molecule has 1 aromatic heterocycles. The maximum Gasteiger partial charge on any atom is 0.271 e. The molecule has 0 bridgehead atoms. The first-order chi connectivity index (χ1) is 9.22. The Labute approximate surface area is 111 Å². The van der Waals surface area contributed by atoms with E-state index in [1.165, 1.54) is 0 Å². The average Bonchev–Trinajstić information content (AvgIpc) is 2.46. The molecule has 0 saturated carbocycles. The summed E-state index contributed by atoms with van der Waals surface area (Å²) in [6.07, 6.45) is 1.56. The monoisotopic (exact) mass is 251 g/mol. The van der Waals surface area contributed by atoms with Crippen LogP contribution in [0, 0.1) is 18.3 Å². The topological polar surface area (TPSA) is 65.8 Å². The molecule has 0 aliphatic heterocycles. The van der Waals surface area contributed by atoms with Crippen LogP contribution >= 0.6 is 0 Å². The number of hydrogen-bond donors (Lipinski definition) is 1. The lowest BCUT2D eigenvalue weighted by atomic mass is 10.1. The molecular weight excluding hydrogens is 238 g/mol. The van der Waals surface area contributed by atoms with Gasteiger partial charge in [0, 0.05) is 6.20 Å². The van der Waals surface area contributed by atoms with E-state index < -0.39 is 6.04 Å². The van der Waals surface area contributed by atoms with Gasteiger partial charge in [0.05, 0.1) is 6.07 Å². The molecule has 1 atom stereocenters. The second-order valence-corrected chi connectivity index (χ2v) is 4.12. The molecule has 2 rings (SSSR count). The second-order valence-electron chi connectivity index (χ2n) is 4.12. The third-order valence-electron chi connectivity index (χ3n) is 2.76. The predicted octanol–water partition coefficient (Wildman–Crippen LogP) is 2.38. The summed E-state index contributed by atoms with van der Waals surface area (Å²) in [4.78, 5) is 16.1. The van der Waals surface area contributed by atoms with Crippen LogP contribution in [-0.2, 0) is 0 Å². The van der Waals surface area contributed by atoms with Gasteiger partial charge in [0.1, 0.15) is 11.7 Å². The minimum atomic E-state index is -0.671. The lowest BCUT2D eigenvalue weighted by Gasteiger charge is -2.12. The molecule has 1 heterocycles. The SMILES string of the molecule is Cc1cccnc1C(=O)NC(C#N)c1ccccc1. The van der Waals surface area contributed by atoms with Gasteiger partial charge in [0.2, 0.25) is 0 Å². The van der Waals surface area contributed by atoms with Gasteiger partial charge in [-0.25, -0.2) is 0 Å². The molecule has 19 heavy (non-hydrogen) atoms. The van der Waals surface area contributed by atoms with E-state index in [2.05, 4.69) is 16.4 Å². The molecule has 2 aromatic rings. The molecule has 1 aromatic carbocycles. The Bertz CT molecular complexity index is 617. The molecule has 1 unspecified atom stereocenters. The lowest BCUT2D eigenvalue weighted by molar-refractivity contribution is 0.0939. The number of aromatic nitrogens is 1. The first kappa shape index (κ1) is 12.8. The number of hydrogen-bond acceptors (Lipinski definition) is 3. The van der Waals surface area contributed by atoms with Crippen molar-refractivity contribution in [3.63, 3.8) is 0 Å². The Morgan fingerprint density at radius 2 is 2.00 bits per heavy atom. The highest BCUT2D eigenvalue weighted by Crippen LogP contribution is 2.12. The minimum Gasteiger partial charge on any atom is -0.331 e. The molecule has 1 N–H and O–H groups in total. The number of rotatable bonds is 3. The standard InChI is InChI=1S/C15H13N3O/c1-11-6-5-9-17-14(11)15(19)18-13(10-16)12-7-3-2-4-8-12/h2-9,13H,1H3,(H,18,19). The van der Waals surface area contributed by atoms with Gasteiger partial charge in [0.25, 0.3) is 5.91 Å². The number of aryl methyl sites for hydroxylation is 1. The molecule has 94 valence electrons. The maximum absolute atomic E-state index is 12.1. The van der Waals surface area contributed by atoms with E-state index in [1.54, 1.807) is 24.4 Å². The summed E-state index contributed by atoms with van der Waals surface area (Å²) in [6, 6.07) is 14.1. The molecule has 0 fully saturated rings. The number of nitrogens with zero attached hydrogens (tertiary/aromatic N) is 2. The summed E-state index contributed by atoms with van der Waals surface area (Å²) < 4.78 is 0. The van der Waals surface area contributed by atoms with Gasteiger partial charge in [-0.05, 0) is 24.1 Å². The van der Waals surface area contributed by atoms with Gasteiger partial charge in [-0.1, -0.05) is 36.4 Å². The fraction of sp³-hybridized carbons (Fsp3) is 0.133. The van der Waals surface area contributed by atoms with E-state index in [9.17, 15) is 4.79 Å². The zero-order valence-corrected chi connectivity index (χ0v) is 10.5. The third-order valence-corrected chi connectivity index (χ3v) is 2.76. The Kier molecular flexibility index (Phi) is 3.89. The van der Waals surface area contributed by atoms with Crippen molar-refractivity contribution in [2.45, 2.75) is 13.0 Å². The van der Waals surface area contributed by atoms with E-state index in [4.69, 9.17) is 5.26 Å². The molecule has 0 aliphatic carbocycles. The van der Waals surface area contributed by atoms with Crippen molar-refractivity contribution in [2.24, 2.45) is 0 Å². The summed E-state index contributed by atoms with van der Waals surface area (Å²) in [5.41, 5.74) is 1.88. The Hall–Kier alpha value is -2.67. The van der Waals surface area contributed by atoms with Crippen molar-refractivity contribution in [1.29, 1.82) is 5.26 Å². The summed E-state index contributed by atoms with van der Waals surface area (Å²) in [5, 5.41) is 11.8. The molecule has 4 heteroatoms. The first-order valence-corrected chi connectivity index (χ1v) is 5.89. The highest BCUT2D eigenvalue weighted by Gasteiger charge is 2.16. The van der Waals surface area contributed by atoms with E-state index in [-0.39, 0.29) is 5.91 Å². The van der Waals surface area contributed by atoms with Crippen LogP contribution in [0.4, 0.5) is 0 Å². The smallest absolute Gasteiger partial charge is 0.271 e. The Morgan fingerprint density at radius 3 is 2.63 bits per heavy atom. The average molecular weight is 251 g/mol. The summed E-state index contributed by atoms with van der Waals surface area (Å²) in [5.74, 6) is -0.339. The van der Waals surface area contributed by atoms with Crippen molar-refractivity contribution < 1.29 is 4.79 Å². The molecular formula is C15H13N3O. The van der Waals surface area contributed by atoms with Crippen LogP contribution < -0.4 is 5.32 Å². The van der Waals surface area contributed by atoms with Crippen LogP contribution in [0.2, 0.25) is 0 Å². The quantitative estimate of drug-likeness (QED) is 0.910. The van der Waals surface area contributed by atoms with Crippen LogP contribution in [-0.4, -0.2) is 10.9 Å². The van der Waals surface area contributed by atoms with Gasteiger partial charge in [-0.15, -0.1) is 0 Å². The molecule has 0 aliphatic rings. The second kappa shape index (κ2) is 5.78. The van der Waals surface area contributed by atoms with Crippen molar-refractivity contribution in [3.8, 4) is 6.07 Å².